The van der Waals surface area contributed by atoms with Crippen LogP contribution in [0.4, 0.5) is 0 Å². The molecule has 0 aromatic heterocycles. The maximum atomic E-state index is 5.90. The minimum atomic E-state index is -1.34. The van der Waals surface area contributed by atoms with Gasteiger partial charge >= 0.3 is 0 Å². The van der Waals surface area contributed by atoms with Crippen LogP contribution in [0.25, 0.3) is 0 Å². The number of hydrogen-bond acceptors (Lipinski definition) is 1. The first-order valence-electron chi connectivity index (χ1n) is 17.3. The average molecular weight is 579 g/mol. The third-order valence-electron chi connectivity index (χ3n) is 8.13. The van der Waals surface area contributed by atoms with Crippen LogP contribution in [0, 0.1) is 0 Å². The van der Waals surface area contributed by atoms with Crippen molar-refractivity contribution in [2.75, 3.05) is 6.54 Å². The molecule has 0 radical (unpaired) electrons. The number of hydrogen-bond donors (Lipinski definition) is 1. The van der Waals surface area contributed by atoms with E-state index in [0.29, 0.717) is 0 Å². The standard InChI is InChI=1S/C33H69Cl2NSi/c34-37(35)33-31-29-27-25-23-21-19-17-15-13-11-9-7-5-3-1-2-4-6-8-10-12-14-16-18-20-22-24-26-28-30-32-36/h37H,1-33,36H2. The van der Waals surface area contributed by atoms with Gasteiger partial charge in [0.2, 0.25) is 7.42 Å². The monoisotopic (exact) mass is 577 g/mol. The molecule has 0 rings (SSSR count). The van der Waals surface area contributed by atoms with Gasteiger partial charge < -0.3 is 5.73 Å². The van der Waals surface area contributed by atoms with E-state index in [1.807, 2.05) is 0 Å². The molecule has 0 aliphatic rings. The van der Waals surface area contributed by atoms with Crippen molar-refractivity contribution in [1.29, 1.82) is 0 Å². The Bertz CT molecular complexity index is 395. The van der Waals surface area contributed by atoms with E-state index in [4.69, 9.17) is 27.9 Å². The van der Waals surface area contributed by atoms with Crippen molar-refractivity contribution >= 4 is 29.6 Å². The van der Waals surface area contributed by atoms with Crippen LogP contribution in [-0.2, 0) is 0 Å². The Balaban J connectivity index is 3.01. The predicted molar refractivity (Wildman–Crippen MR) is 176 cm³/mol. The van der Waals surface area contributed by atoms with E-state index < -0.39 is 7.42 Å². The van der Waals surface area contributed by atoms with E-state index in [1.165, 1.54) is 199 Å². The molecular weight excluding hydrogens is 509 g/mol. The quantitative estimate of drug-likeness (QED) is 0.0468. The Morgan fingerprint density at radius 2 is 0.432 bits per heavy atom. The molecule has 0 atom stereocenters. The van der Waals surface area contributed by atoms with E-state index in [0.717, 1.165) is 12.6 Å². The molecule has 2 N–H and O–H groups in total. The second kappa shape index (κ2) is 34.8. The Labute approximate surface area is 246 Å². The Morgan fingerprint density at radius 3 is 0.595 bits per heavy atom. The van der Waals surface area contributed by atoms with Crippen molar-refractivity contribution in [3.05, 3.63) is 0 Å². The fraction of sp³-hybridized carbons (Fsp3) is 1.00. The fourth-order valence-electron chi connectivity index (χ4n) is 5.57. The molecule has 0 aliphatic heterocycles. The minimum absolute atomic E-state index is 0.871. The van der Waals surface area contributed by atoms with Crippen molar-refractivity contribution < 1.29 is 0 Å². The second-order valence-corrected chi connectivity index (χ2v) is 17.1. The molecule has 0 fully saturated rings. The average Bonchev–Trinajstić information content (AvgIpc) is 2.89. The molecular formula is C33H69Cl2NSi. The zero-order valence-electron chi connectivity index (χ0n) is 25.2. The summed E-state index contributed by atoms with van der Waals surface area (Å²) in [6.07, 6.45) is 44.5. The number of nitrogens with two attached hydrogens (primary N) is 1. The zero-order chi connectivity index (χ0) is 26.9. The molecule has 0 saturated carbocycles. The Morgan fingerprint density at radius 1 is 0.270 bits per heavy atom. The summed E-state index contributed by atoms with van der Waals surface area (Å²) in [6, 6.07) is 1.10. The lowest BCUT2D eigenvalue weighted by Crippen LogP contribution is -1.97. The number of halogens is 2. The summed E-state index contributed by atoms with van der Waals surface area (Å²) in [5.74, 6) is 0. The van der Waals surface area contributed by atoms with Gasteiger partial charge in [-0.3, -0.25) is 0 Å². The van der Waals surface area contributed by atoms with Gasteiger partial charge in [-0.25, -0.2) is 0 Å². The summed E-state index contributed by atoms with van der Waals surface area (Å²) in [7, 11) is -1.34. The summed E-state index contributed by atoms with van der Waals surface area (Å²) >= 11 is 11.8. The molecule has 0 unspecified atom stereocenters. The van der Waals surface area contributed by atoms with Crippen LogP contribution in [0.5, 0.6) is 0 Å². The third kappa shape index (κ3) is 36.8. The minimum Gasteiger partial charge on any atom is -0.330 e. The molecule has 0 bridgehead atoms. The number of rotatable bonds is 33. The zero-order valence-corrected chi connectivity index (χ0v) is 27.9. The number of unbranched alkanes of at least 4 members (excludes halogenated alkanes) is 30. The lowest BCUT2D eigenvalue weighted by Gasteiger charge is -2.05. The summed E-state index contributed by atoms with van der Waals surface area (Å²) in [5.41, 5.74) is 5.54. The molecule has 0 saturated heterocycles. The van der Waals surface area contributed by atoms with Crippen molar-refractivity contribution in [2.24, 2.45) is 5.73 Å². The highest BCUT2D eigenvalue weighted by molar-refractivity contribution is 7.33. The van der Waals surface area contributed by atoms with Gasteiger partial charge in [0, 0.05) is 0 Å². The third-order valence-corrected chi connectivity index (χ3v) is 10.3. The van der Waals surface area contributed by atoms with Gasteiger partial charge in [0.15, 0.2) is 0 Å². The van der Waals surface area contributed by atoms with E-state index in [2.05, 4.69) is 0 Å². The van der Waals surface area contributed by atoms with Crippen LogP contribution < -0.4 is 5.73 Å². The smallest absolute Gasteiger partial charge is 0.237 e. The van der Waals surface area contributed by atoms with Crippen LogP contribution >= 0.6 is 22.2 Å². The normalized spacial score (nSPS) is 11.7. The second-order valence-electron chi connectivity index (χ2n) is 11.9. The van der Waals surface area contributed by atoms with Crippen LogP contribution in [0.1, 0.15) is 199 Å². The molecule has 0 aliphatic carbocycles. The summed E-state index contributed by atoms with van der Waals surface area (Å²) in [6.45, 7) is 0.871. The highest BCUT2D eigenvalue weighted by atomic mass is 35.7. The maximum Gasteiger partial charge on any atom is 0.237 e. The van der Waals surface area contributed by atoms with Crippen molar-refractivity contribution in [1.82, 2.24) is 0 Å². The summed E-state index contributed by atoms with van der Waals surface area (Å²) in [5, 5.41) is 0. The largest absolute Gasteiger partial charge is 0.330 e. The summed E-state index contributed by atoms with van der Waals surface area (Å²) < 4.78 is 0. The van der Waals surface area contributed by atoms with Crippen LogP contribution in [0.15, 0.2) is 0 Å². The predicted octanol–water partition coefficient (Wildman–Crippen LogP) is 12.7. The topological polar surface area (TPSA) is 26.0 Å². The first-order valence-corrected chi connectivity index (χ1v) is 21.6. The highest BCUT2D eigenvalue weighted by Crippen LogP contribution is 2.17. The van der Waals surface area contributed by atoms with Gasteiger partial charge in [-0.1, -0.05) is 193 Å². The Hall–Kier alpha value is 0.757. The summed E-state index contributed by atoms with van der Waals surface area (Å²) in [4.78, 5) is 0. The first-order chi connectivity index (χ1) is 18.3. The van der Waals surface area contributed by atoms with Crippen molar-refractivity contribution in [3.63, 3.8) is 0 Å². The molecule has 0 aromatic rings. The van der Waals surface area contributed by atoms with E-state index in [-0.39, 0.29) is 0 Å². The molecule has 1 nitrogen and oxygen atoms in total. The molecule has 37 heavy (non-hydrogen) atoms. The van der Waals surface area contributed by atoms with Crippen LogP contribution in [0.3, 0.4) is 0 Å². The van der Waals surface area contributed by atoms with Gasteiger partial charge in [-0.2, -0.15) is 22.2 Å². The molecule has 0 aromatic carbocycles. The molecule has 0 spiro atoms. The maximum absolute atomic E-state index is 5.90. The van der Waals surface area contributed by atoms with E-state index >= 15 is 0 Å². The van der Waals surface area contributed by atoms with Crippen LogP contribution in [-0.4, -0.2) is 14.0 Å². The van der Waals surface area contributed by atoms with E-state index in [1.54, 1.807) is 0 Å². The first kappa shape index (κ1) is 37.8. The molecule has 0 heterocycles. The van der Waals surface area contributed by atoms with Crippen molar-refractivity contribution in [3.8, 4) is 0 Å². The highest BCUT2D eigenvalue weighted by Gasteiger charge is 2.01. The van der Waals surface area contributed by atoms with Crippen molar-refractivity contribution in [2.45, 2.75) is 205 Å². The van der Waals surface area contributed by atoms with Gasteiger partial charge in [0.1, 0.15) is 0 Å². The molecule has 224 valence electrons. The Kier molecular flexibility index (Phi) is 35.5. The lowest BCUT2D eigenvalue weighted by atomic mass is 10.0. The van der Waals surface area contributed by atoms with Crippen LogP contribution in [0.2, 0.25) is 6.04 Å². The van der Waals surface area contributed by atoms with Gasteiger partial charge in [0.05, 0.1) is 0 Å². The van der Waals surface area contributed by atoms with E-state index in [9.17, 15) is 0 Å². The van der Waals surface area contributed by atoms with Gasteiger partial charge in [-0.15, -0.1) is 0 Å². The lowest BCUT2D eigenvalue weighted by molar-refractivity contribution is 0.512. The molecule has 0 amide bonds. The van der Waals surface area contributed by atoms with Gasteiger partial charge in [0.25, 0.3) is 0 Å². The fourth-order valence-corrected chi connectivity index (χ4v) is 7.09. The molecule has 4 heteroatoms. The SMILES string of the molecule is NCCCCCCCCCCCCCCCCCCCCCCCCCCCCCCCCC[SiH](Cl)Cl. The van der Waals surface area contributed by atoms with Gasteiger partial charge in [-0.05, 0) is 19.0 Å².